The standard InChI is InChI=1S/C9H7F2NO/c1-5-12-9-6(4-13-5)2-7(10)3-8(9)11/h2-3H,4H2,1H3. The Labute approximate surface area is 73.9 Å². The van der Waals surface area contributed by atoms with Crippen molar-refractivity contribution >= 4 is 11.6 Å². The Morgan fingerprint density at radius 1 is 1.38 bits per heavy atom. The van der Waals surface area contributed by atoms with Crippen LogP contribution in [0.5, 0.6) is 0 Å². The number of nitrogens with zero attached hydrogens (tertiary/aromatic N) is 1. The molecular weight excluding hydrogens is 176 g/mol. The van der Waals surface area contributed by atoms with Gasteiger partial charge in [-0.2, -0.15) is 0 Å². The van der Waals surface area contributed by atoms with Gasteiger partial charge in [0.25, 0.3) is 0 Å². The lowest BCUT2D eigenvalue weighted by Gasteiger charge is -2.14. The number of fused-ring (bicyclic) bond motifs is 1. The largest absolute Gasteiger partial charge is 0.476 e. The van der Waals surface area contributed by atoms with E-state index in [0.717, 1.165) is 6.07 Å². The van der Waals surface area contributed by atoms with Gasteiger partial charge in [-0.3, -0.25) is 0 Å². The van der Waals surface area contributed by atoms with E-state index in [9.17, 15) is 8.78 Å². The zero-order valence-electron chi connectivity index (χ0n) is 6.97. The molecule has 0 N–H and O–H groups in total. The normalized spacial score (nSPS) is 14.5. The summed E-state index contributed by atoms with van der Waals surface area (Å²) in [5, 5.41) is 0. The van der Waals surface area contributed by atoms with Crippen molar-refractivity contribution in [3.63, 3.8) is 0 Å². The van der Waals surface area contributed by atoms with Crippen LogP contribution < -0.4 is 0 Å². The van der Waals surface area contributed by atoms with Crippen molar-refractivity contribution in [1.82, 2.24) is 0 Å². The highest BCUT2D eigenvalue weighted by atomic mass is 19.1. The lowest BCUT2D eigenvalue weighted by molar-refractivity contribution is 0.282. The molecule has 0 aromatic heterocycles. The van der Waals surface area contributed by atoms with Gasteiger partial charge in [-0.15, -0.1) is 0 Å². The second-order valence-corrected chi connectivity index (χ2v) is 2.81. The van der Waals surface area contributed by atoms with Crippen LogP contribution in [0.15, 0.2) is 17.1 Å². The number of aliphatic imine (C=N–C) groups is 1. The van der Waals surface area contributed by atoms with Crippen LogP contribution in [0.2, 0.25) is 0 Å². The van der Waals surface area contributed by atoms with Crippen molar-refractivity contribution in [2.45, 2.75) is 13.5 Å². The molecule has 1 heterocycles. The fourth-order valence-corrected chi connectivity index (χ4v) is 1.23. The highest BCUT2D eigenvalue weighted by Crippen LogP contribution is 2.28. The third-order valence-corrected chi connectivity index (χ3v) is 1.81. The fourth-order valence-electron chi connectivity index (χ4n) is 1.23. The second-order valence-electron chi connectivity index (χ2n) is 2.81. The van der Waals surface area contributed by atoms with E-state index in [4.69, 9.17) is 4.74 Å². The SMILES string of the molecule is CC1=Nc2c(F)cc(F)cc2CO1. The first-order valence-corrected chi connectivity index (χ1v) is 3.83. The average Bonchev–Trinajstić information content (AvgIpc) is 2.06. The lowest BCUT2D eigenvalue weighted by atomic mass is 10.1. The Hall–Kier alpha value is -1.45. The second kappa shape index (κ2) is 2.80. The van der Waals surface area contributed by atoms with Gasteiger partial charge in [0.15, 0.2) is 11.7 Å². The number of hydrogen-bond donors (Lipinski definition) is 0. The molecular formula is C9H7F2NO. The summed E-state index contributed by atoms with van der Waals surface area (Å²) >= 11 is 0. The Balaban J connectivity index is 2.61. The smallest absolute Gasteiger partial charge is 0.185 e. The van der Waals surface area contributed by atoms with Crippen LogP contribution in [0, 0.1) is 11.6 Å². The van der Waals surface area contributed by atoms with E-state index >= 15 is 0 Å². The quantitative estimate of drug-likeness (QED) is 0.605. The van der Waals surface area contributed by atoms with E-state index < -0.39 is 11.6 Å². The molecule has 2 rings (SSSR count). The summed E-state index contributed by atoms with van der Waals surface area (Å²) in [6.45, 7) is 1.81. The minimum atomic E-state index is -0.641. The van der Waals surface area contributed by atoms with Crippen LogP contribution in [-0.2, 0) is 11.3 Å². The van der Waals surface area contributed by atoms with Crippen LogP contribution in [-0.4, -0.2) is 5.90 Å². The van der Waals surface area contributed by atoms with Gasteiger partial charge < -0.3 is 4.74 Å². The summed E-state index contributed by atoms with van der Waals surface area (Å²) < 4.78 is 30.8. The number of rotatable bonds is 0. The first-order chi connectivity index (χ1) is 6.16. The Bertz CT molecular complexity index is 387. The molecule has 1 aromatic rings. The molecule has 1 aromatic carbocycles. The van der Waals surface area contributed by atoms with E-state index in [1.165, 1.54) is 6.07 Å². The molecule has 0 amide bonds. The van der Waals surface area contributed by atoms with E-state index in [1.54, 1.807) is 6.92 Å². The summed E-state index contributed by atoms with van der Waals surface area (Å²) in [4.78, 5) is 3.84. The maximum absolute atomic E-state index is 13.1. The molecule has 0 aliphatic carbocycles. The highest BCUT2D eigenvalue weighted by Gasteiger charge is 2.15. The molecule has 0 bridgehead atoms. The molecule has 0 saturated carbocycles. The molecule has 2 nitrogen and oxygen atoms in total. The van der Waals surface area contributed by atoms with Gasteiger partial charge in [0.2, 0.25) is 0 Å². The molecule has 0 spiro atoms. The van der Waals surface area contributed by atoms with Crippen molar-refractivity contribution < 1.29 is 13.5 Å². The molecule has 0 fully saturated rings. The van der Waals surface area contributed by atoms with Crippen molar-refractivity contribution in [3.8, 4) is 0 Å². The Morgan fingerprint density at radius 2 is 2.15 bits per heavy atom. The van der Waals surface area contributed by atoms with Crippen molar-refractivity contribution in [2.24, 2.45) is 4.99 Å². The fraction of sp³-hybridized carbons (Fsp3) is 0.222. The lowest BCUT2D eigenvalue weighted by Crippen LogP contribution is -2.06. The maximum Gasteiger partial charge on any atom is 0.185 e. The van der Waals surface area contributed by atoms with Gasteiger partial charge in [-0.25, -0.2) is 13.8 Å². The zero-order valence-corrected chi connectivity index (χ0v) is 6.97. The number of hydrogen-bond acceptors (Lipinski definition) is 2. The van der Waals surface area contributed by atoms with Gasteiger partial charge in [0.1, 0.15) is 18.1 Å². The van der Waals surface area contributed by atoms with E-state index in [0.29, 0.717) is 11.5 Å². The van der Waals surface area contributed by atoms with Crippen LogP contribution in [0.4, 0.5) is 14.5 Å². The van der Waals surface area contributed by atoms with E-state index in [2.05, 4.69) is 4.99 Å². The number of halogens is 2. The Kier molecular flexibility index (Phi) is 1.76. The molecule has 0 saturated heterocycles. The molecule has 1 aliphatic rings. The predicted molar refractivity (Wildman–Crippen MR) is 43.9 cm³/mol. The van der Waals surface area contributed by atoms with E-state index in [1.807, 2.05) is 0 Å². The molecule has 0 atom stereocenters. The highest BCUT2D eigenvalue weighted by molar-refractivity contribution is 5.79. The van der Waals surface area contributed by atoms with Gasteiger partial charge in [-0.05, 0) is 6.07 Å². The minimum Gasteiger partial charge on any atom is -0.476 e. The summed E-state index contributed by atoms with van der Waals surface area (Å²) in [7, 11) is 0. The number of ether oxygens (including phenoxy) is 1. The van der Waals surface area contributed by atoms with Gasteiger partial charge >= 0.3 is 0 Å². The summed E-state index contributed by atoms with van der Waals surface area (Å²) in [5.74, 6) is -0.842. The number of benzene rings is 1. The average molecular weight is 183 g/mol. The first-order valence-electron chi connectivity index (χ1n) is 3.83. The molecule has 1 aliphatic heterocycles. The maximum atomic E-state index is 13.1. The first kappa shape index (κ1) is 8.16. The van der Waals surface area contributed by atoms with Crippen LogP contribution in [0.25, 0.3) is 0 Å². The van der Waals surface area contributed by atoms with Crippen LogP contribution in [0.3, 0.4) is 0 Å². The van der Waals surface area contributed by atoms with Crippen molar-refractivity contribution in [1.29, 1.82) is 0 Å². The van der Waals surface area contributed by atoms with Crippen LogP contribution >= 0.6 is 0 Å². The molecule has 13 heavy (non-hydrogen) atoms. The van der Waals surface area contributed by atoms with Gasteiger partial charge in [0, 0.05) is 18.6 Å². The van der Waals surface area contributed by atoms with Crippen molar-refractivity contribution in [3.05, 3.63) is 29.3 Å². The van der Waals surface area contributed by atoms with Gasteiger partial charge in [0.05, 0.1) is 0 Å². The topological polar surface area (TPSA) is 21.6 Å². The van der Waals surface area contributed by atoms with E-state index in [-0.39, 0.29) is 12.3 Å². The molecule has 68 valence electrons. The molecule has 0 unspecified atom stereocenters. The summed E-state index contributed by atoms with van der Waals surface area (Å²) in [5.41, 5.74) is 0.633. The molecule has 0 radical (unpaired) electrons. The monoisotopic (exact) mass is 183 g/mol. The molecule has 4 heteroatoms. The Morgan fingerprint density at radius 3 is 2.92 bits per heavy atom. The van der Waals surface area contributed by atoms with Crippen molar-refractivity contribution in [2.75, 3.05) is 0 Å². The third-order valence-electron chi connectivity index (χ3n) is 1.81. The summed E-state index contributed by atoms with van der Waals surface area (Å²) in [6.07, 6.45) is 0. The predicted octanol–water partition coefficient (Wildman–Crippen LogP) is 2.54. The van der Waals surface area contributed by atoms with Gasteiger partial charge in [-0.1, -0.05) is 0 Å². The minimum absolute atomic E-state index is 0.180. The summed E-state index contributed by atoms with van der Waals surface area (Å²) in [6, 6.07) is 2.05. The zero-order chi connectivity index (χ0) is 9.42. The van der Waals surface area contributed by atoms with Crippen LogP contribution in [0.1, 0.15) is 12.5 Å². The third kappa shape index (κ3) is 1.39.